The lowest BCUT2D eigenvalue weighted by molar-refractivity contribution is 0.0447. The molecule has 0 amide bonds. The van der Waals surface area contributed by atoms with E-state index in [1.54, 1.807) is 0 Å². The van der Waals surface area contributed by atoms with Gasteiger partial charge in [0, 0.05) is 6.61 Å². The van der Waals surface area contributed by atoms with Crippen molar-refractivity contribution in [3.63, 3.8) is 0 Å². The second-order valence-electron chi connectivity index (χ2n) is 7.30. The van der Waals surface area contributed by atoms with E-state index in [9.17, 15) is 0 Å². The normalized spacial score (nSPS) is 12.3. The molecule has 4 nitrogen and oxygen atoms in total. The molecule has 2 aromatic carbocycles. The molecule has 0 aromatic heterocycles. The Kier molecular flexibility index (Phi) is 11.7. The van der Waals surface area contributed by atoms with E-state index in [-0.39, 0.29) is 0 Å². The topological polar surface area (TPSA) is 43.2 Å². The van der Waals surface area contributed by atoms with Gasteiger partial charge in [0.05, 0.1) is 24.1 Å². The fourth-order valence-corrected chi connectivity index (χ4v) is 3.24. The number of nitrogens with zero attached hydrogens (tertiary/aromatic N) is 2. The molecule has 29 heavy (non-hydrogen) atoms. The first-order chi connectivity index (χ1) is 14.3. The van der Waals surface area contributed by atoms with Gasteiger partial charge in [-0.3, -0.25) is 0 Å². The summed E-state index contributed by atoms with van der Waals surface area (Å²) in [7, 11) is 0. The highest BCUT2D eigenvalue weighted by Gasteiger charge is 2.08. The van der Waals surface area contributed by atoms with Crippen LogP contribution in [0.1, 0.15) is 65.2 Å². The smallest absolute Gasteiger partial charge is 0.119 e. The molecule has 0 aliphatic rings. The summed E-state index contributed by atoms with van der Waals surface area (Å²) in [5, 5.41) is 8.49. The molecule has 2 aromatic rings. The average molecular weight is 397 g/mol. The van der Waals surface area contributed by atoms with E-state index in [1.165, 1.54) is 38.5 Å². The van der Waals surface area contributed by atoms with Gasteiger partial charge in [-0.1, -0.05) is 57.2 Å². The predicted molar refractivity (Wildman–Crippen MR) is 121 cm³/mol. The maximum Gasteiger partial charge on any atom is 0.119 e. The van der Waals surface area contributed by atoms with Crippen molar-refractivity contribution in [1.29, 1.82) is 0 Å². The molecule has 0 spiro atoms. The highest BCUT2D eigenvalue weighted by molar-refractivity contribution is 5.42. The molecule has 0 aliphatic carbocycles. The first-order valence-electron chi connectivity index (χ1n) is 11.1. The molecule has 1 atom stereocenters. The lowest BCUT2D eigenvalue weighted by atomic mass is 10.0. The molecule has 0 bridgehead atoms. The van der Waals surface area contributed by atoms with Crippen LogP contribution in [0.2, 0.25) is 0 Å². The van der Waals surface area contributed by atoms with E-state index >= 15 is 0 Å². The summed E-state index contributed by atoms with van der Waals surface area (Å²) in [6.45, 7) is 5.84. The summed E-state index contributed by atoms with van der Waals surface area (Å²) in [6, 6.07) is 17.5. The third kappa shape index (κ3) is 10.2. The summed E-state index contributed by atoms with van der Waals surface area (Å²) >= 11 is 0. The molecule has 0 fully saturated rings. The van der Waals surface area contributed by atoms with Crippen LogP contribution < -0.4 is 4.74 Å². The zero-order valence-electron chi connectivity index (χ0n) is 18.1. The average Bonchev–Trinajstić information content (AvgIpc) is 2.76. The lowest BCUT2D eigenvalue weighted by Gasteiger charge is -2.17. The summed E-state index contributed by atoms with van der Waals surface area (Å²) in [4.78, 5) is 0. The molecule has 0 heterocycles. The summed E-state index contributed by atoms with van der Waals surface area (Å²) in [6.07, 6.45) is 10.2. The van der Waals surface area contributed by atoms with Gasteiger partial charge in [-0.25, -0.2) is 0 Å². The molecule has 158 valence electrons. The van der Waals surface area contributed by atoms with Crippen LogP contribution >= 0.6 is 0 Å². The van der Waals surface area contributed by atoms with Gasteiger partial charge in [0.15, 0.2) is 0 Å². The Bertz CT molecular complexity index is 671. The van der Waals surface area contributed by atoms with Gasteiger partial charge >= 0.3 is 0 Å². The molecule has 2 rings (SSSR count). The maximum atomic E-state index is 5.90. The van der Waals surface area contributed by atoms with Crippen LogP contribution in [0.3, 0.4) is 0 Å². The minimum absolute atomic E-state index is 0.367. The Morgan fingerprint density at radius 1 is 0.724 bits per heavy atom. The molecule has 0 radical (unpaired) electrons. The van der Waals surface area contributed by atoms with Crippen molar-refractivity contribution in [2.45, 2.75) is 71.3 Å². The molecule has 0 saturated carbocycles. The Labute approximate surface area is 176 Å². The number of rotatable bonds is 15. The Hall–Kier alpha value is -2.20. The largest absolute Gasteiger partial charge is 0.494 e. The van der Waals surface area contributed by atoms with Crippen LogP contribution in [0.15, 0.2) is 64.8 Å². The van der Waals surface area contributed by atoms with Crippen LogP contribution in [0, 0.1) is 0 Å². The Balaban J connectivity index is 1.66. The standard InChI is InChI=1S/C25H36N2O2/c1-3-5-6-7-11-15-24(28-4-2)16-12-21-29-25-19-17-23(18-20-25)27-26-22-13-9-8-10-14-22/h8-10,13-14,17-20,24H,3-7,11-12,15-16,21H2,1-2H3. The monoisotopic (exact) mass is 396 g/mol. The zero-order valence-corrected chi connectivity index (χ0v) is 18.1. The SMILES string of the molecule is CCCCCCCC(CCCOc1ccc(N=Nc2ccccc2)cc1)OCC. The van der Waals surface area contributed by atoms with E-state index in [2.05, 4.69) is 24.1 Å². The van der Waals surface area contributed by atoms with Gasteiger partial charge in [0.25, 0.3) is 0 Å². The number of unbranched alkanes of at least 4 members (excludes halogenated alkanes) is 4. The van der Waals surface area contributed by atoms with Crippen molar-refractivity contribution in [2.24, 2.45) is 10.2 Å². The van der Waals surface area contributed by atoms with E-state index in [1.807, 2.05) is 54.6 Å². The van der Waals surface area contributed by atoms with Crippen LogP contribution in [0.4, 0.5) is 11.4 Å². The molecular formula is C25H36N2O2. The van der Waals surface area contributed by atoms with E-state index in [0.717, 1.165) is 36.6 Å². The van der Waals surface area contributed by atoms with Gasteiger partial charge in [-0.05, 0) is 62.6 Å². The zero-order chi connectivity index (χ0) is 20.6. The third-order valence-electron chi connectivity index (χ3n) is 4.85. The van der Waals surface area contributed by atoms with Crippen LogP contribution in [0.25, 0.3) is 0 Å². The summed E-state index contributed by atoms with van der Waals surface area (Å²) < 4.78 is 11.8. The Morgan fingerprint density at radius 3 is 2.07 bits per heavy atom. The van der Waals surface area contributed by atoms with Crippen molar-refractivity contribution < 1.29 is 9.47 Å². The third-order valence-corrected chi connectivity index (χ3v) is 4.85. The number of benzene rings is 2. The second kappa shape index (κ2) is 14.7. The van der Waals surface area contributed by atoms with Gasteiger partial charge in [-0.15, -0.1) is 0 Å². The predicted octanol–water partition coefficient (Wildman–Crippen LogP) is 8.03. The highest BCUT2D eigenvalue weighted by atomic mass is 16.5. The van der Waals surface area contributed by atoms with Crippen LogP contribution in [0.5, 0.6) is 5.75 Å². The van der Waals surface area contributed by atoms with Crippen molar-refractivity contribution in [2.75, 3.05) is 13.2 Å². The minimum atomic E-state index is 0.367. The molecule has 0 saturated heterocycles. The fraction of sp³-hybridized carbons (Fsp3) is 0.520. The van der Waals surface area contributed by atoms with Crippen molar-refractivity contribution >= 4 is 11.4 Å². The molecule has 1 unspecified atom stereocenters. The van der Waals surface area contributed by atoms with Crippen LogP contribution in [-0.4, -0.2) is 19.3 Å². The number of hydrogen-bond donors (Lipinski definition) is 0. The first-order valence-corrected chi connectivity index (χ1v) is 11.1. The van der Waals surface area contributed by atoms with Crippen molar-refractivity contribution in [3.05, 3.63) is 54.6 Å². The van der Waals surface area contributed by atoms with Crippen molar-refractivity contribution in [3.8, 4) is 5.75 Å². The highest BCUT2D eigenvalue weighted by Crippen LogP contribution is 2.21. The molecule has 0 N–H and O–H groups in total. The fourth-order valence-electron chi connectivity index (χ4n) is 3.24. The number of ether oxygens (including phenoxy) is 2. The number of hydrogen-bond acceptors (Lipinski definition) is 4. The minimum Gasteiger partial charge on any atom is -0.494 e. The van der Waals surface area contributed by atoms with Gasteiger partial charge in [0.1, 0.15) is 5.75 Å². The van der Waals surface area contributed by atoms with Gasteiger partial charge < -0.3 is 9.47 Å². The maximum absolute atomic E-state index is 5.90. The first kappa shape index (κ1) is 23.1. The summed E-state index contributed by atoms with van der Waals surface area (Å²) in [5.74, 6) is 0.871. The molecular weight excluding hydrogens is 360 g/mol. The van der Waals surface area contributed by atoms with E-state index in [0.29, 0.717) is 12.7 Å². The van der Waals surface area contributed by atoms with Gasteiger partial charge in [0.2, 0.25) is 0 Å². The van der Waals surface area contributed by atoms with Gasteiger partial charge in [-0.2, -0.15) is 10.2 Å². The van der Waals surface area contributed by atoms with E-state index in [4.69, 9.17) is 9.47 Å². The quantitative estimate of drug-likeness (QED) is 0.226. The van der Waals surface area contributed by atoms with E-state index < -0.39 is 0 Å². The van der Waals surface area contributed by atoms with Crippen LogP contribution in [-0.2, 0) is 4.74 Å². The number of azo groups is 1. The lowest BCUT2D eigenvalue weighted by Crippen LogP contribution is -2.14. The molecule has 4 heteroatoms. The van der Waals surface area contributed by atoms with Crippen molar-refractivity contribution in [1.82, 2.24) is 0 Å². The summed E-state index contributed by atoms with van der Waals surface area (Å²) in [5.41, 5.74) is 1.67. The Morgan fingerprint density at radius 2 is 1.38 bits per heavy atom. The molecule has 0 aliphatic heterocycles. The second-order valence-corrected chi connectivity index (χ2v) is 7.30.